The highest BCUT2D eigenvalue weighted by atomic mass is 79.9. The van der Waals surface area contributed by atoms with Crippen LogP contribution in [0.25, 0.3) is 0 Å². The number of carbonyl (C=O) groups is 1. The maximum absolute atomic E-state index is 12.3. The van der Waals surface area contributed by atoms with Crippen molar-refractivity contribution in [3.05, 3.63) is 22.4 Å². The summed E-state index contributed by atoms with van der Waals surface area (Å²) in [5, 5.41) is 9.46. The van der Waals surface area contributed by atoms with Gasteiger partial charge < -0.3 is 14.6 Å². The summed E-state index contributed by atoms with van der Waals surface area (Å²) in [7, 11) is 0. The third-order valence-corrected chi connectivity index (χ3v) is 3.43. The highest BCUT2D eigenvalue weighted by Crippen LogP contribution is 2.19. The number of aromatic nitrogens is 1. The van der Waals surface area contributed by atoms with Crippen LogP contribution in [0.5, 0.6) is 0 Å². The average molecular weight is 301 g/mol. The molecule has 2 heterocycles. The van der Waals surface area contributed by atoms with Crippen molar-refractivity contribution in [2.75, 3.05) is 13.1 Å². The molecular formula is C12H17BrN2O2. The van der Waals surface area contributed by atoms with E-state index in [-0.39, 0.29) is 12.0 Å². The van der Waals surface area contributed by atoms with Gasteiger partial charge in [0.25, 0.3) is 5.91 Å². The number of β-amino-alcohol motifs (C(OH)–C–C–N with tert-alkyl or cyclic N) is 1. The van der Waals surface area contributed by atoms with Gasteiger partial charge in [-0.1, -0.05) is 6.92 Å². The second-order valence-electron chi connectivity index (χ2n) is 4.43. The van der Waals surface area contributed by atoms with Gasteiger partial charge in [0.05, 0.1) is 6.10 Å². The number of aliphatic hydroxyl groups excluding tert-OH is 1. The van der Waals surface area contributed by atoms with Gasteiger partial charge in [-0.2, -0.15) is 0 Å². The van der Waals surface area contributed by atoms with Gasteiger partial charge >= 0.3 is 0 Å². The lowest BCUT2D eigenvalue weighted by Crippen LogP contribution is -2.31. The number of rotatable bonds is 3. The molecule has 0 aromatic carbocycles. The summed E-state index contributed by atoms with van der Waals surface area (Å²) >= 11 is 3.40. The lowest BCUT2D eigenvalue weighted by atomic mass is 10.3. The molecule has 1 aliphatic heterocycles. The standard InChI is InChI=1S/C12H17BrN2O2/c1-2-4-14-7-9(13)6-11(14)12(17)15-5-3-10(16)8-15/h6-7,10,16H,2-5,8H2,1H3/t10-/m0/s1. The molecule has 0 radical (unpaired) electrons. The molecule has 1 fully saturated rings. The number of aliphatic hydroxyl groups is 1. The molecule has 17 heavy (non-hydrogen) atoms. The molecule has 94 valence electrons. The highest BCUT2D eigenvalue weighted by Gasteiger charge is 2.27. The number of amides is 1. The van der Waals surface area contributed by atoms with E-state index in [0.717, 1.165) is 17.4 Å². The molecule has 0 bridgehead atoms. The summed E-state index contributed by atoms with van der Waals surface area (Å²) in [6, 6.07) is 1.85. The number of likely N-dealkylation sites (tertiary alicyclic amines) is 1. The molecule has 1 amide bonds. The molecule has 4 nitrogen and oxygen atoms in total. The van der Waals surface area contributed by atoms with Crippen LogP contribution in [0.2, 0.25) is 0 Å². The fraction of sp³-hybridized carbons (Fsp3) is 0.583. The Balaban J connectivity index is 2.18. The molecule has 1 saturated heterocycles. The van der Waals surface area contributed by atoms with Crippen molar-refractivity contribution in [1.29, 1.82) is 0 Å². The lowest BCUT2D eigenvalue weighted by Gasteiger charge is -2.16. The minimum atomic E-state index is -0.364. The number of aryl methyl sites for hydroxylation is 1. The quantitative estimate of drug-likeness (QED) is 0.926. The molecule has 2 rings (SSSR count). The number of nitrogens with zero attached hydrogens (tertiary/aromatic N) is 2. The van der Waals surface area contributed by atoms with Gasteiger partial charge in [-0.25, -0.2) is 0 Å². The first-order chi connectivity index (χ1) is 8.11. The zero-order valence-electron chi connectivity index (χ0n) is 9.90. The Hall–Kier alpha value is -0.810. The predicted molar refractivity (Wildman–Crippen MR) is 69.0 cm³/mol. The van der Waals surface area contributed by atoms with Crippen molar-refractivity contribution >= 4 is 21.8 Å². The van der Waals surface area contributed by atoms with Crippen LogP contribution < -0.4 is 0 Å². The molecule has 1 aromatic heterocycles. The van der Waals surface area contributed by atoms with Crippen LogP contribution in [-0.2, 0) is 6.54 Å². The van der Waals surface area contributed by atoms with Crippen molar-refractivity contribution in [3.8, 4) is 0 Å². The van der Waals surface area contributed by atoms with Gasteiger partial charge in [-0.05, 0) is 34.8 Å². The van der Waals surface area contributed by atoms with E-state index >= 15 is 0 Å². The number of hydrogen-bond donors (Lipinski definition) is 1. The van der Waals surface area contributed by atoms with Crippen molar-refractivity contribution in [1.82, 2.24) is 9.47 Å². The van der Waals surface area contributed by atoms with Crippen LogP contribution >= 0.6 is 15.9 Å². The Morgan fingerprint density at radius 2 is 2.41 bits per heavy atom. The van der Waals surface area contributed by atoms with Crippen molar-refractivity contribution < 1.29 is 9.90 Å². The van der Waals surface area contributed by atoms with E-state index in [0.29, 0.717) is 25.2 Å². The van der Waals surface area contributed by atoms with Gasteiger partial charge in [0.2, 0.25) is 0 Å². The van der Waals surface area contributed by atoms with Gasteiger partial charge in [-0.3, -0.25) is 4.79 Å². The van der Waals surface area contributed by atoms with Crippen LogP contribution in [0.4, 0.5) is 0 Å². The minimum Gasteiger partial charge on any atom is -0.391 e. The van der Waals surface area contributed by atoms with Crippen LogP contribution in [-0.4, -0.2) is 39.7 Å². The van der Waals surface area contributed by atoms with Crippen molar-refractivity contribution in [2.45, 2.75) is 32.4 Å². The van der Waals surface area contributed by atoms with E-state index in [1.807, 2.05) is 16.8 Å². The van der Waals surface area contributed by atoms with E-state index in [1.54, 1.807) is 4.90 Å². The molecular weight excluding hydrogens is 284 g/mol. The van der Waals surface area contributed by atoms with Crippen LogP contribution in [0.15, 0.2) is 16.7 Å². The highest BCUT2D eigenvalue weighted by molar-refractivity contribution is 9.10. The largest absolute Gasteiger partial charge is 0.391 e. The van der Waals surface area contributed by atoms with E-state index in [1.165, 1.54) is 0 Å². The zero-order chi connectivity index (χ0) is 12.4. The van der Waals surface area contributed by atoms with Gasteiger partial charge in [0.15, 0.2) is 0 Å². The SMILES string of the molecule is CCCn1cc(Br)cc1C(=O)N1CC[C@H](O)C1. The third-order valence-electron chi connectivity index (χ3n) is 3.00. The Kier molecular flexibility index (Phi) is 3.89. The molecule has 1 aromatic rings. The van der Waals surface area contributed by atoms with Crippen LogP contribution in [0.3, 0.4) is 0 Å². The molecule has 0 unspecified atom stereocenters. The average Bonchev–Trinajstić information content (AvgIpc) is 2.85. The molecule has 1 atom stereocenters. The van der Waals surface area contributed by atoms with Crippen LogP contribution in [0.1, 0.15) is 30.3 Å². The van der Waals surface area contributed by atoms with Crippen molar-refractivity contribution in [3.63, 3.8) is 0 Å². The number of halogens is 1. The summed E-state index contributed by atoms with van der Waals surface area (Å²) in [5.74, 6) is 0.0145. The van der Waals surface area contributed by atoms with E-state index in [4.69, 9.17) is 0 Å². The molecule has 5 heteroatoms. The minimum absolute atomic E-state index is 0.0145. The fourth-order valence-corrected chi connectivity index (χ4v) is 2.63. The lowest BCUT2D eigenvalue weighted by molar-refractivity contribution is 0.0754. The Bertz CT molecular complexity index is 417. The molecule has 0 spiro atoms. The first-order valence-corrected chi connectivity index (χ1v) is 6.74. The van der Waals surface area contributed by atoms with Gasteiger partial charge in [0, 0.05) is 30.3 Å². The summed E-state index contributed by atoms with van der Waals surface area (Å²) in [6.45, 7) is 4.02. The van der Waals surface area contributed by atoms with Crippen molar-refractivity contribution in [2.24, 2.45) is 0 Å². The zero-order valence-corrected chi connectivity index (χ0v) is 11.5. The second kappa shape index (κ2) is 5.23. The van der Waals surface area contributed by atoms with Gasteiger partial charge in [-0.15, -0.1) is 0 Å². The smallest absolute Gasteiger partial charge is 0.270 e. The summed E-state index contributed by atoms with van der Waals surface area (Å²) < 4.78 is 2.89. The van der Waals surface area contributed by atoms with E-state index in [2.05, 4.69) is 22.9 Å². The fourth-order valence-electron chi connectivity index (χ4n) is 2.17. The Morgan fingerprint density at radius 3 is 3.00 bits per heavy atom. The van der Waals surface area contributed by atoms with E-state index in [9.17, 15) is 9.90 Å². The Labute approximate surface area is 109 Å². The summed E-state index contributed by atoms with van der Waals surface area (Å²) in [5.41, 5.74) is 0.702. The third kappa shape index (κ3) is 2.72. The Morgan fingerprint density at radius 1 is 1.65 bits per heavy atom. The number of carbonyl (C=O) groups excluding carboxylic acids is 1. The summed E-state index contributed by atoms with van der Waals surface area (Å²) in [4.78, 5) is 14.0. The summed E-state index contributed by atoms with van der Waals surface area (Å²) in [6.07, 6.45) is 3.24. The first-order valence-electron chi connectivity index (χ1n) is 5.95. The predicted octanol–water partition coefficient (Wildman–Crippen LogP) is 1.87. The topological polar surface area (TPSA) is 45.5 Å². The van der Waals surface area contributed by atoms with Gasteiger partial charge in [0.1, 0.15) is 5.69 Å². The monoisotopic (exact) mass is 300 g/mol. The molecule has 0 aliphatic carbocycles. The maximum atomic E-state index is 12.3. The molecule has 1 N–H and O–H groups in total. The normalized spacial score (nSPS) is 19.9. The maximum Gasteiger partial charge on any atom is 0.270 e. The first kappa shape index (κ1) is 12.6. The number of hydrogen-bond acceptors (Lipinski definition) is 2. The molecule has 0 saturated carbocycles. The van der Waals surface area contributed by atoms with Crippen LogP contribution in [0, 0.1) is 0 Å². The van der Waals surface area contributed by atoms with E-state index < -0.39 is 0 Å². The molecule has 1 aliphatic rings. The second-order valence-corrected chi connectivity index (χ2v) is 5.35.